The lowest BCUT2D eigenvalue weighted by Crippen LogP contribution is -2.23. The van der Waals surface area contributed by atoms with Crippen LogP contribution in [-0.2, 0) is 22.3 Å². The van der Waals surface area contributed by atoms with Crippen LogP contribution in [0.3, 0.4) is 0 Å². The Morgan fingerprint density at radius 1 is 0.571 bits per heavy atom. The van der Waals surface area contributed by atoms with Crippen LogP contribution in [-0.4, -0.2) is 38.0 Å². The highest BCUT2D eigenvalue weighted by atomic mass is 16.5. The Bertz CT molecular complexity index is 1470. The lowest BCUT2D eigenvalue weighted by Gasteiger charge is -2.24. The van der Waals surface area contributed by atoms with Crippen LogP contribution < -0.4 is 10.6 Å². The number of hydrogen-bond donors (Lipinski definition) is 2. The van der Waals surface area contributed by atoms with E-state index in [4.69, 9.17) is 9.47 Å². The van der Waals surface area contributed by atoms with Gasteiger partial charge in [0, 0.05) is 22.5 Å². The Morgan fingerprint density at radius 3 is 1.36 bits per heavy atom. The van der Waals surface area contributed by atoms with Crippen molar-refractivity contribution in [3.63, 3.8) is 0 Å². The van der Waals surface area contributed by atoms with E-state index in [-0.39, 0.29) is 11.6 Å². The maximum atomic E-state index is 13.8. The van der Waals surface area contributed by atoms with Crippen LogP contribution in [0.2, 0.25) is 0 Å². The molecule has 1 aliphatic rings. The van der Waals surface area contributed by atoms with E-state index in [1.165, 1.54) is 0 Å². The molecule has 0 saturated carbocycles. The van der Waals surface area contributed by atoms with Crippen LogP contribution in [0.5, 0.6) is 0 Å². The molecule has 0 aliphatic heterocycles. The van der Waals surface area contributed by atoms with Crippen molar-refractivity contribution in [3.05, 3.63) is 144 Å². The normalized spacial score (nSPS) is 11.9. The van der Waals surface area contributed by atoms with Crippen LogP contribution in [0, 0.1) is 0 Å². The van der Waals surface area contributed by atoms with E-state index in [0.717, 1.165) is 35.3 Å². The molecule has 5 rings (SSSR count). The smallest absolute Gasteiger partial charge is 0.196 e. The summed E-state index contributed by atoms with van der Waals surface area (Å²) in [6.07, 6.45) is 5.05. The predicted molar refractivity (Wildman–Crippen MR) is 169 cm³/mol. The highest BCUT2D eigenvalue weighted by molar-refractivity contribution is 6.32. The number of nitrogens with one attached hydrogen (secondary N) is 2. The van der Waals surface area contributed by atoms with Crippen molar-refractivity contribution in [2.75, 3.05) is 37.1 Å². The zero-order valence-corrected chi connectivity index (χ0v) is 23.5. The summed E-state index contributed by atoms with van der Waals surface area (Å²) in [6, 6.07) is 26.7. The summed E-state index contributed by atoms with van der Waals surface area (Å²) in [5.41, 5.74) is 6.63. The van der Waals surface area contributed by atoms with Gasteiger partial charge in [-0.25, -0.2) is 0 Å². The van der Waals surface area contributed by atoms with E-state index in [0.29, 0.717) is 60.1 Å². The lowest BCUT2D eigenvalue weighted by atomic mass is 9.82. The van der Waals surface area contributed by atoms with Gasteiger partial charge >= 0.3 is 0 Å². The lowest BCUT2D eigenvalue weighted by molar-refractivity contribution is 0.0980. The zero-order valence-electron chi connectivity index (χ0n) is 23.5. The molecule has 0 bridgehead atoms. The summed E-state index contributed by atoms with van der Waals surface area (Å²) in [7, 11) is 0. The molecule has 42 heavy (non-hydrogen) atoms. The van der Waals surface area contributed by atoms with Gasteiger partial charge in [-0.15, -0.1) is 13.2 Å². The molecule has 0 saturated heterocycles. The monoisotopic (exact) mass is 558 g/mol. The molecule has 0 aromatic heterocycles. The van der Waals surface area contributed by atoms with Crippen molar-refractivity contribution in [3.8, 4) is 0 Å². The maximum Gasteiger partial charge on any atom is 0.196 e. The molecule has 0 spiro atoms. The molecule has 0 radical (unpaired) electrons. The van der Waals surface area contributed by atoms with Crippen molar-refractivity contribution in [2.45, 2.75) is 12.8 Å². The highest BCUT2D eigenvalue weighted by Gasteiger charge is 2.34. The average Bonchev–Trinajstić information content (AvgIpc) is 3.02. The van der Waals surface area contributed by atoms with Gasteiger partial charge < -0.3 is 20.1 Å². The van der Waals surface area contributed by atoms with Gasteiger partial charge in [-0.2, -0.15) is 0 Å². The van der Waals surface area contributed by atoms with Gasteiger partial charge in [0.15, 0.2) is 11.6 Å². The minimum atomic E-state index is -0.183. The molecular formula is C36H34N2O4. The molecule has 6 heteroatoms. The Kier molecular flexibility index (Phi) is 9.39. The van der Waals surface area contributed by atoms with Gasteiger partial charge in [-0.1, -0.05) is 60.7 Å². The number of fused-ring (bicyclic) bond motifs is 2. The van der Waals surface area contributed by atoms with E-state index >= 15 is 0 Å². The minimum absolute atomic E-state index is 0.183. The van der Waals surface area contributed by atoms with E-state index in [1.54, 1.807) is 36.4 Å². The van der Waals surface area contributed by atoms with Crippen molar-refractivity contribution in [1.82, 2.24) is 0 Å². The maximum absolute atomic E-state index is 13.8. The molecule has 4 aromatic rings. The summed E-state index contributed by atoms with van der Waals surface area (Å²) in [5.74, 6) is -0.366. The fourth-order valence-corrected chi connectivity index (χ4v) is 4.97. The number of anilines is 4. The first-order chi connectivity index (χ1) is 20.6. The molecule has 0 fully saturated rings. The van der Waals surface area contributed by atoms with Crippen molar-refractivity contribution >= 4 is 34.3 Å². The van der Waals surface area contributed by atoms with Crippen molar-refractivity contribution in [2.24, 2.45) is 0 Å². The molecule has 0 unspecified atom stereocenters. The molecule has 0 atom stereocenters. The van der Waals surface area contributed by atoms with E-state index < -0.39 is 0 Å². The van der Waals surface area contributed by atoms with Crippen LogP contribution in [0.1, 0.15) is 43.0 Å². The quantitative estimate of drug-likeness (QED) is 0.109. The molecule has 212 valence electrons. The van der Waals surface area contributed by atoms with Crippen LogP contribution in [0.15, 0.2) is 110 Å². The molecule has 2 N–H and O–H groups in total. The Balaban J connectivity index is 1.41. The van der Waals surface area contributed by atoms with Crippen LogP contribution in [0.25, 0.3) is 0 Å². The van der Waals surface area contributed by atoms with Crippen molar-refractivity contribution in [1.29, 1.82) is 0 Å². The number of ether oxygens (including phenoxy) is 2. The number of ketones is 2. The third-order valence-corrected chi connectivity index (χ3v) is 7.08. The van der Waals surface area contributed by atoms with Crippen LogP contribution >= 0.6 is 0 Å². The third kappa shape index (κ3) is 6.57. The number of benzene rings is 4. The second-order valence-corrected chi connectivity index (χ2v) is 9.99. The molecule has 6 nitrogen and oxygen atoms in total. The van der Waals surface area contributed by atoms with E-state index in [9.17, 15) is 9.59 Å². The summed E-state index contributed by atoms with van der Waals surface area (Å²) in [4.78, 5) is 27.7. The Labute approximate surface area is 246 Å². The van der Waals surface area contributed by atoms with Gasteiger partial charge in [-0.05, 0) is 60.4 Å². The summed E-state index contributed by atoms with van der Waals surface area (Å²) >= 11 is 0. The first-order valence-electron chi connectivity index (χ1n) is 14.0. The second-order valence-electron chi connectivity index (χ2n) is 9.99. The fraction of sp³-hybridized carbons (Fsp3) is 0.167. The van der Waals surface area contributed by atoms with Gasteiger partial charge in [0.05, 0.1) is 48.9 Å². The van der Waals surface area contributed by atoms with Gasteiger partial charge in [0.2, 0.25) is 0 Å². The predicted octanol–water partition coefficient (Wildman–Crippen LogP) is 7.44. The van der Waals surface area contributed by atoms with E-state index in [2.05, 4.69) is 23.8 Å². The average molecular weight is 559 g/mol. The summed E-state index contributed by atoms with van der Waals surface area (Å²) in [5, 5.41) is 6.76. The summed E-state index contributed by atoms with van der Waals surface area (Å²) < 4.78 is 11.0. The first-order valence-corrected chi connectivity index (χ1v) is 14.0. The molecule has 0 heterocycles. The van der Waals surface area contributed by atoms with Crippen LogP contribution in [0.4, 0.5) is 22.7 Å². The first kappa shape index (κ1) is 28.7. The largest absolute Gasteiger partial charge is 0.377 e. The van der Waals surface area contributed by atoms with Crippen molar-refractivity contribution < 1.29 is 19.1 Å². The fourth-order valence-electron chi connectivity index (χ4n) is 4.97. The molecular weight excluding hydrogens is 524 g/mol. The Hall–Kier alpha value is -4.78. The minimum Gasteiger partial charge on any atom is -0.377 e. The van der Waals surface area contributed by atoms with Gasteiger partial charge in [0.25, 0.3) is 0 Å². The molecule has 0 amide bonds. The Morgan fingerprint density at radius 2 is 0.976 bits per heavy atom. The number of carbonyl (C=O) groups excluding carboxylic acids is 2. The molecule has 4 aromatic carbocycles. The third-order valence-electron chi connectivity index (χ3n) is 7.08. The topological polar surface area (TPSA) is 76.7 Å². The number of rotatable bonds is 14. The second kappa shape index (κ2) is 13.7. The zero-order chi connectivity index (χ0) is 29.3. The SMILES string of the molecule is C=CCOCCc1ccc(Nc2ccc(Nc3ccc(CCOCC=C)cc3)c3c2C(=O)c2ccccc2C3=O)cc1. The molecule has 1 aliphatic carbocycles. The van der Waals surface area contributed by atoms with Gasteiger partial charge in [-0.3, -0.25) is 9.59 Å². The highest BCUT2D eigenvalue weighted by Crippen LogP contribution is 2.38. The standard InChI is InChI=1S/C36H34N2O4/c1-3-21-41-23-19-25-9-13-27(14-10-25)37-31-17-18-32(38-28-15-11-26(12-16-28)20-24-42-22-4-2)34-33(31)35(39)29-7-5-6-8-30(29)36(34)40/h3-18,37-38H,1-2,19-24H2. The number of hydrogen-bond acceptors (Lipinski definition) is 6. The van der Waals surface area contributed by atoms with Gasteiger partial charge in [0.1, 0.15) is 0 Å². The van der Waals surface area contributed by atoms with E-state index in [1.807, 2.05) is 60.7 Å². The summed E-state index contributed by atoms with van der Waals surface area (Å²) in [6.45, 7) is 9.62. The number of carbonyl (C=O) groups is 2.